The minimum Gasteiger partial charge on any atom is -0.497 e. The Hall–Kier alpha value is -3.47. The molecule has 1 atom stereocenters. The van der Waals surface area contributed by atoms with Crippen LogP contribution < -0.4 is 10.2 Å². The maximum Gasteiger partial charge on any atom is 0.249 e. The summed E-state index contributed by atoms with van der Waals surface area (Å²) in [5, 5.41) is 14.3. The predicted molar refractivity (Wildman–Crippen MR) is 140 cm³/mol. The Morgan fingerprint density at radius 3 is 2.66 bits per heavy atom. The molecule has 1 fully saturated rings. The van der Waals surface area contributed by atoms with Crippen molar-refractivity contribution in [2.75, 3.05) is 18.6 Å². The Bertz CT molecular complexity index is 1330. The minimum absolute atomic E-state index is 0.109. The molecule has 1 unspecified atom stereocenters. The zero-order chi connectivity index (χ0) is 24.3. The first-order chi connectivity index (χ1) is 17.0. The van der Waals surface area contributed by atoms with Gasteiger partial charge in [0.25, 0.3) is 0 Å². The number of fused-ring (bicyclic) bond motifs is 1. The van der Waals surface area contributed by atoms with E-state index in [-0.39, 0.29) is 11.7 Å². The number of aliphatic imine (C=N–C) groups is 1. The van der Waals surface area contributed by atoms with Crippen molar-refractivity contribution in [3.63, 3.8) is 0 Å². The Kier molecular flexibility index (Phi) is 6.67. The van der Waals surface area contributed by atoms with Crippen molar-refractivity contribution in [3.8, 4) is 5.75 Å². The first kappa shape index (κ1) is 23.3. The number of hydrogen-bond acceptors (Lipinski definition) is 7. The second kappa shape index (κ2) is 10.0. The Balaban J connectivity index is 1.38. The summed E-state index contributed by atoms with van der Waals surface area (Å²) in [4.78, 5) is 25.4. The van der Waals surface area contributed by atoms with Crippen LogP contribution >= 0.6 is 23.5 Å². The number of hydrazine groups is 1. The Morgan fingerprint density at radius 2 is 1.91 bits per heavy atom. The molecular weight excluding hydrogens is 482 g/mol. The fourth-order valence-corrected chi connectivity index (χ4v) is 5.45. The van der Waals surface area contributed by atoms with E-state index in [4.69, 9.17) is 4.74 Å². The average molecular weight is 506 g/mol. The first-order valence-electron chi connectivity index (χ1n) is 10.9. The second-order valence-electron chi connectivity index (χ2n) is 7.78. The van der Waals surface area contributed by atoms with Crippen LogP contribution in [0.4, 0.5) is 5.69 Å². The molecular formula is C25H23N5O3S2. The van der Waals surface area contributed by atoms with Crippen LogP contribution in [0.5, 0.6) is 5.75 Å². The molecule has 10 heteroatoms. The topological polar surface area (TPSA) is 103 Å². The van der Waals surface area contributed by atoms with Gasteiger partial charge in [0.2, 0.25) is 5.91 Å². The SMILES string of the molecule is COc1ccc(C2(O)CSC(=Nc3ccccc3)N2NC(=O)CSc2nc3ccccc3[nH]2)cc1. The molecule has 4 aromatic rings. The van der Waals surface area contributed by atoms with Crippen molar-refractivity contribution in [1.29, 1.82) is 0 Å². The van der Waals surface area contributed by atoms with Gasteiger partial charge in [-0.2, -0.15) is 0 Å². The fourth-order valence-electron chi connectivity index (χ4n) is 3.65. The van der Waals surface area contributed by atoms with E-state index in [1.807, 2.05) is 54.6 Å². The summed E-state index contributed by atoms with van der Waals surface area (Å²) in [6.07, 6.45) is 0. The lowest BCUT2D eigenvalue weighted by atomic mass is 10.0. The second-order valence-corrected chi connectivity index (χ2v) is 9.69. The molecule has 5 rings (SSSR count). The van der Waals surface area contributed by atoms with E-state index in [1.54, 1.807) is 31.4 Å². The number of para-hydroxylation sites is 3. The number of rotatable bonds is 7. The quantitative estimate of drug-likeness (QED) is 0.322. The smallest absolute Gasteiger partial charge is 0.249 e. The number of aromatic amines is 1. The van der Waals surface area contributed by atoms with Crippen LogP contribution in [0.15, 0.2) is 89.0 Å². The number of nitrogens with one attached hydrogen (secondary N) is 2. The van der Waals surface area contributed by atoms with Gasteiger partial charge in [0.15, 0.2) is 16.0 Å². The van der Waals surface area contributed by atoms with Gasteiger partial charge in [-0.3, -0.25) is 10.2 Å². The van der Waals surface area contributed by atoms with E-state index < -0.39 is 5.72 Å². The highest BCUT2D eigenvalue weighted by molar-refractivity contribution is 8.14. The summed E-state index contributed by atoms with van der Waals surface area (Å²) in [7, 11) is 1.59. The van der Waals surface area contributed by atoms with Gasteiger partial charge in [-0.05, 0) is 36.4 Å². The van der Waals surface area contributed by atoms with Crippen molar-refractivity contribution in [2.24, 2.45) is 4.99 Å². The molecule has 0 spiro atoms. The molecule has 1 aromatic heterocycles. The number of ether oxygens (including phenoxy) is 1. The summed E-state index contributed by atoms with van der Waals surface area (Å²) in [6, 6.07) is 24.3. The molecule has 1 saturated heterocycles. The summed E-state index contributed by atoms with van der Waals surface area (Å²) >= 11 is 2.66. The highest BCUT2D eigenvalue weighted by atomic mass is 32.2. The predicted octanol–water partition coefficient (Wildman–Crippen LogP) is 4.28. The number of benzene rings is 3. The highest BCUT2D eigenvalue weighted by Crippen LogP contribution is 2.39. The molecule has 1 aliphatic heterocycles. The Morgan fingerprint density at radius 1 is 1.17 bits per heavy atom. The molecule has 8 nitrogen and oxygen atoms in total. The number of carbonyl (C=O) groups is 1. The van der Waals surface area contributed by atoms with Crippen LogP contribution in [0, 0.1) is 0 Å². The zero-order valence-corrected chi connectivity index (χ0v) is 20.5. The lowest BCUT2D eigenvalue weighted by molar-refractivity contribution is -0.132. The number of thioether (sulfide) groups is 2. The van der Waals surface area contributed by atoms with Gasteiger partial charge in [0.05, 0.1) is 35.3 Å². The van der Waals surface area contributed by atoms with Crippen LogP contribution in [0.25, 0.3) is 11.0 Å². The number of aromatic nitrogens is 2. The number of hydrogen-bond donors (Lipinski definition) is 3. The number of imidazole rings is 1. The van der Waals surface area contributed by atoms with Gasteiger partial charge < -0.3 is 14.8 Å². The van der Waals surface area contributed by atoms with Crippen LogP contribution in [0.3, 0.4) is 0 Å². The van der Waals surface area contributed by atoms with Crippen LogP contribution in [-0.4, -0.2) is 49.8 Å². The molecule has 1 aliphatic rings. The molecule has 0 aliphatic carbocycles. The molecule has 2 heterocycles. The van der Waals surface area contributed by atoms with Gasteiger partial charge in [0.1, 0.15) is 5.75 Å². The lowest BCUT2D eigenvalue weighted by Crippen LogP contribution is -2.55. The first-order valence-corrected chi connectivity index (χ1v) is 12.8. The van der Waals surface area contributed by atoms with E-state index in [0.29, 0.717) is 27.4 Å². The zero-order valence-electron chi connectivity index (χ0n) is 18.8. The molecule has 1 amide bonds. The lowest BCUT2D eigenvalue weighted by Gasteiger charge is -2.34. The monoisotopic (exact) mass is 505 g/mol. The molecule has 3 N–H and O–H groups in total. The molecule has 0 radical (unpaired) electrons. The van der Waals surface area contributed by atoms with E-state index in [0.717, 1.165) is 16.7 Å². The van der Waals surface area contributed by atoms with Crippen molar-refractivity contribution < 1.29 is 14.6 Å². The van der Waals surface area contributed by atoms with Crippen molar-refractivity contribution in [3.05, 3.63) is 84.4 Å². The maximum absolute atomic E-state index is 13.0. The number of aliphatic hydroxyl groups is 1. The van der Waals surface area contributed by atoms with Gasteiger partial charge in [-0.25, -0.2) is 15.0 Å². The van der Waals surface area contributed by atoms with Crippen LogP contribution in [0.2, 0.25) is 0 Å². The molecule has 35 heavy (non-hydrogen) atoms. The van der Waals surface area contributed by atoms with Gasteiger partial charge in [-0.1, -0.05) is 66.0 Å². The normalized spacial score (nSPS) is 18.8. The van der Waals surface area contributed by atoms with Crippen molar-refractivity contribution in [1.82, 2.24) is 20.4 Å². The molecule has 0 saturated carbocycles. The standard InChI is InChI=1S/C25H23N5O3S2/c1-33-19-13-11-17(12-14-19)25(32)16-35-24(26-18-7-3-2-4-8-18)30(25)29-22(31)15-34-23-27-20-9-5-6-10-21(20)28-23/h2-14,32H,15-16H2,1H3,(H,27,28)(H,29,31). The van der Waals surface area contributed by atoms with E-state index in [2.05, 4.69) is 20.4 Å². The number of amides is 1. The number of carbonyl (C=O) groups excluding carboxylic acids is 1. The van der Waals surface area contributed by atoms with Crippen LogP contribution in [0.1, 0.15) is 5.56 Å². The Labute approximate surface area is 210 Å². The third-order valence-corrected chi connectivity index (χ3v) is 7.39. The number of amidine groups is 1. The van der Waals surface area contributed by atoms with Gasteiger partial charge in [-0.15, -0.1) is 0 Å². The number of H-pyrrole nitrogens is 1. The summed E-state index contributed by atoms with van der Waals surface area (Å²) in [5.74, 6) is 0.796. The van der Waals surface area contributed by atoms with Gasteiger partial charge in [0, 0.05) is 5.56 Å². The van der Waals surface area contributed by atoms with E-state index >= 15 is 0 Å². The minimum atomic E-state index is -1.48. The van der Waals surface area contributed by atoms with Crippen LogP contribution in [-0.2, 0) is 10.5 Å². The summed E-state index contributed by atoms with van der Waals surface area (Å²) in [5.41, 5.74) is 4.49. The fraction of sp³-hybridized carbons (Fsp3) is 0.160. The van der Waals surface area contributed by atoms with Crippen molar-refractivity contribution in [2.45, 2.75) is 10.9 Å². The van der Waals surface area contributed by atoms with Gasteiger partial charge >= 0.3 is 0 Å². The molecule has 0 bridgehead atoms. The highest BCUT2D eigenvalue weighted by Gasteiger charge is 2.46. The third-order valence-electron chi connectivity index (χ3n) is 5.44. The third kappa shape index (κ3) is 5.00. The molecule has 178 valence electrons. The molecule has 3 aromatic carbocycles. The number of nitrogens with zero attached hydrogens (tertiary/aromatic N) is 3. The average Bonchev–Trinajstić information content (AvgIpc) is 3.45. The number of methoxy groups -OCH3 is 1. The van der Waals surface area contributed by atoms with E-state index in [1.165, 1.54) is 28.5 Å². The summed E-state index contributed by atoms with van der Waals surface area (Å²) < 4.78 is 5.25. The largest absolute Gasteiger partial charge is 0.497 e. The maximum atomic E-state index is 13.0. The van der Waals surface area contributed by atoms with E-state index in [9.17, 15) is 9.90 Å². The van der Waals surface area contributed by atoms with Crippen molar-refractivity contribution >= 4 is 51.3 Å². The summed E-state index contributed by atoms with van der Waals surface area (Å²) in [6.45, 7) is 0.